The summed E-state index contributed by atoms with van der Waals surface area (Å²) in [5.41, 5.74) is 7.44. The van der Waals surface area contributed by atoms with E-state index in [9.17, 15) is 9.59 Å². The summed E-state index contributed by atoms with van der Waals surface area (Å²) in [5.74, 6) is 0.872. The molecule has 2 rings (SSSR count). The van der Waals surface area contributed by atoms with Crippen molar-refractivity contribution in [3.8, 4) is 0 Å². The van der Waals surface area contributed by atoms with Gasteiger partial charge >= 0.3 is 0 Å². The first kappa shape index (κ1) is 26.4. The number of amides is 2. The predicted octanol–water partition coefficient (Wildman–Crippen LogP) is 2.28. The largest absolute Gasteiger partial charge is 0.368 e. The van der Waals surface area contributed by atoms with Crippen molar-refractivity contribution in [3.05, 3.63) is 52.9 Å². The lowest BCUT2D eigenvalue weighted by Crippen LogP contribution is -2.36. The lowest BCUT2D eigenvalue weighted by atomic mass is 9.99. The summed E-state index contributed by atoms with van der Waals surface area (Å²) in [5, 5.41) is 13.0. The first-order valence-electron chi connectivity index (χ1n) is 10.0. The minimum Gasteiger partial charge on any atom is -0.368 e. The molecule has 31 heavy (non-hydrogen) atoms. The van der Waals surface area contributed by atoms with Gasteiger partial charge in [-0.05, 0) is 30.5 Å². The third-order valence-corrected chi connectivity index (χ3v) is 4.73. The Hall–Kier alpha value is -2.63. The number of hydrogen-bond donors (Lipinski definition) is 4. The van der Waals surface area contributed by atoms with Crippen molar-refractivity contribution in [3.63, 3.8) is 0 Å². The highest BCUT2D eigenvalue weighted by Gasteiger charge is 2.13. The topological polar surface area (TPSA) is 135 Å². The van der Waals surface area contributed by atoms with Gasteiger partial charge in [-0.1, -0.05) is 31.1 Å². The maximum absolute atomic E-state index is 11.9. The molecule has 2 aromatic rings. The molecule has 0 spiro atoms. The van der Waals surface area contributed by atoms with Crippen molar-refractivity contribution in [2.75, 3.05) is 13.6 Å². The number of halogens is 1. The van der Waals surface area contributed by atoms with Gasteiger partial charge in [0.2, 0.25) is 5.91 Å². The van der Waals surface area contributed by atoms with Gasteiger partial charge in [-0.3, -0.25) is 14.6 Å². The quantitative estimate of drug-likeness (QED) is 0.207. The molecule has 0 aliphatic rings. The van der Waals surface area contributed by atoms with E-state index in [-0.39, 0.29) is 36.4 Å². The molecule has 0 saturated carbocycles. The molecule has 0 radical (unpaired) electrons. The molecule has 0 unspecified atom stereocenters. The van der Waals surface area contributed by atoms with Crippen LogP contribution in [0.2, 0.25) is 0 Å². The molecule has 10 heteroatoms. The van der Waals surface area contributed by atoms with E-state index in [1.165, 1.54) is 0 Å². The second-order valence-corrected chi connectivity index (χ2v) is 6.86. The van der Waals surface area contributed by atoms with E-state index in [2.05, 4.69) is 39.9 Å². The average molecular weight is 542 g/mol. The number of carbonyl (C=O) groups excluding carboxylic acids is 2. The number of hydrogen-bond acceptors (Lipinski definition) is 5. The van der Waals surface area contributed by atoms with Gasteiger partial charge in [0.1, 0.15) is 0 Å². The zero-order valence-electron chi connectivity index (χ0n) is 18.1. The third-order valence-electron chi connectivity index (χ3n) is 4.73. The van der Waals surface area contributed by atoms with Crippen LogP contribution in [0.4, 0.5) is 0 Å². The standard InChI is InChI=1S/C21H30N6O3.HI/c1-4-15(5-2)18-10-17(30-27-18)12-26-21(23-3)25-11-14-6-8-16(9-7-14)20(29)24-13-19(22)28;/h6-10,15H,4-5,11-13H2,1-3H3,(H2,22,28)(H,24,29)(H2,23,25,26);1H. The molecule has 0 bridgehead atoms. The van der Waals surface area contributed by atoms with Crippen LogP contribution in [0.25, 0.3) is 0 Å². The molecule has 1 heterocycles. The minimum absolute atomic E-state index is 0. The molecule has 0 aliphatic carbocycles. The molecule has 1 aromatic heterocycles. The van der Waals surface area contributed by atoms with Crippen molar-refractivity contribution in [2.24, 2.45) is 10.7 Å². The number of primary amides is 1. The van der Waals surface area contributed by atoms with Crippen LogP contribution >= 0.6 is 24.0 Å². The number of aliphatic imine (C=N–C) groups is 1. The molecule has 0 fully saturated rings. The molecule has 0 aliphatic heterocycles. The Bertz CT molecular complexity index is 862. The first-order chi connectivity index (χ1) is 14.5. The van der Waals surface area contributed by atoms with Crippen molar-refractivity contribution >= 4 is 41.8 Å². The molecule has 5 N–H and O–H groups in total. The highest BCUT2D eigenvalue weighted by atomic mass is 127. The number of nitrogens with zero attached hydrogens (tertiary/aromatic N) is 2. The van der Waals surface area contributed by atoms with E-state index in [0.717, 1.165) is 29.9 Å². The lowest BCUT2D eigenvalue weighted by Gasteiger charge is -2.11. The van der Waals surface area contributed by atoms with Crippen LogP contribution in [0.1, 0.15) is 60.0 Å². The van der Waals surface area contributed by atoms with Gasteiger partial charge in [0.15, 0.2) is 11.7 Å². The fourth-order valence-electron chi connectivity index (χ4n) is 2.93. The molecule has 9 nitrogen and oxygen atoms in total. The van der Waals surface area contributed by atoms with Crippen LogP contribution < -0.4 is 21.7 Å². The Morgan fingerprint density at radius 3 is 2.32 bits per heavy atom. The van der Waals surface area contributed by atoms with Crippen LogP contribution in [-0.2, 0) is 17.9 Å². The third kappa shape index (κ3) is 8.56. The van der Waals surface area contributed by atoms with Gasteiger partial charge in [0, 0.05) is 31.1 Å². The Balaban J connectivity index is 0.00000480. The SMILES string of the molecule is CCC(CC)c1cc(CNC(=NC)NCc2ccc(C(=O)NCC(N)=O)cc2)on1.I. The fraction of sp³-hybridized carbons (Fsp3) is 0.429. The van der Waals surface area contributed by atoms with E-state index in [0.29, 0.717) is 30.5 Å². The zero-order chi connectivity index (χ0) is 21.9. The Morgan fingerprint density at radius 2 is 1.74 bits per heavy atom. The van der Waals surface area contributed by atoms with Crippen molar-refractivity contribution < 1.29 is 14.1 Å². The predicted molar refractivity (Wildman–Crippen MR) is 130 cm³/mol. The van der Waals surface area contributed by atoms with E-state index in [1.54, 1.807) is 19.2 Å². The van der Waals surface area contributed by atoms with Crippen LogP contribution in [0.5, 0.6) is 0 Å². The molecular weight excluding hydrogens is 511 g/mol. The monoisotopic (exact) mass is 542 g/mol. The second kappa shape index (κ2) is 13.6. The summed E-state index contributed by atoms with van der Waals surface area (Å²) in [6.07, 6.45) is 2.06. The van der Waals surface area contributed by atoms with E-state index in [1.807, 2.05) is 18.2 Å². The van der Waals surface area contributed by atoms with Crippen LogP contribution in [0, 0.1) is 0 Å². The molecule has 2 amide bonds. The number of carbonyl (C=O) groups is 2. The molecular formula is C21H31IN6O3. The van der Waals surface area contributed by atoms with Gasteiger partial charge in [0.05, 0.1) is 18.8 Å². The van der Waals surface area contributed by atoms with Crippen LogP contribution in [0.3, 0.4) is 0 Å². The summed E-state index contributed by atoms with van der Waals surface area (Å²) < 4.78 is 5.42. The lowest BCUT2D eigenvalue weighted by molar-refractivity contribution is -0.117. The Labute approximate surface area is 199 Å². The average Bonchev–Trinajstić information content (AvgIpc) is 3.22. The summed E-state index contributed by atoms with van der Waals surface area (Å²) in [6.45, 7) is 5.11. The van der Waals surface area contributed by atoms with Gasteiger partial charge in [-0.2, -0.15) is 0 Å². The molecule has 1 aromatic carbocycles. The highest BCUT2D eigenvalue weighted by molar-refractivity contribution is 14.0. The minimum atomic E-state index is -0.583. The van der Waals surface area contributed by atoms with Gasteiger partial charge in [0.25, 0.3) is 5.91 Å². The van der Waals surface area contributed by atoms with Gasteiger partial charge < -0.3 is 26.2 Å². The number of benzene rings is 1. The second-order valence-electron chi connectivity index (χ2n) is 6.86. The summed E-state index contributed by atoms with van der Waals surface area (Å²) in [6, 6.07) is 9.03. The number of aromatic nitrogens is 1. The van der Waals surface area contributed by atoms with Crippen molar-refractivity contribution in [2.45, 2.75) is 45.7 Å². The van der Waals surface area contributed by atoms with E-state index < -0.39 is 5.91 Å². The van der Waals surface area contributed by atoms with Gasteiger partial charge in [-0.25, -0.2) is 0 Å². The molecule has 0 saturated heterocycles. The molecule has 170 valence electrons. The first-order valence-corrected chi connectivity index (χ1v) is 10.0. The maximum atomic E-state index is 11.9. The maximum Gasteiger partial charge on any atom is 0.251 e. The summed E-state index contributed by atoms with van der Waals surface area (Å²) >= 11 is 0. The Kier molecular flexibility index (Phi) is 11.6. The normalized spacial score (nSPS) is 11.0. The zero-order valence-corrected chi connectivity index (χ0v) is 20.4. The number of nitrogens with two attached hydrogens (primary N) is 1. The van der Waals surface area contributed by atoms with Crippen molar-refractivity contribution in [1.82, 2.24) is 21.1 Å². The smallest absolute Gasteiger partial charge is 0.251 e. The van der Waals surface area contributed by atoms with Crippen LogP contribution in [-0.4, -0.2) is 36.5 Å². The number of nitrogens with one attached hydrogen (secondary N) is 3. The van der Waals surface area contributed by atoms with Crippen LogP contribution in [0.15, 0.2) is 39.8 Å². The van der Waals surface area contributed by atoms with E-state index in [4.69, 9.17) is 10.3 Å². The Morgan fingerprint density at radius 1 is 1.10 bits per heavy atom. The van der Waals surface area contributed by atoms with Crippen molar-refractivity contribution in [1.29, 1.82) is 0 Å². The summed E-state index contributed by atoms with van der Waals surface area (Å²) in [7, 11) is 1.69. The van der Waals surface area contributed by atoms with E-state index >= 15 is 0 Å². The summed E-state index contributed by atoms with van der Waals surface area (Å²) in [4.78, 5) is 26.8. The fourth-order valence-corrected chi connectivity index (χ4v) is 2.93. The van der Waals surface area contributed by atoms with Gasteiger partial charge in [-0.15, -0.1) is 24.0 Å². The number of guanidine groups is 1. The molecule has 0 atom stereocenters. The number of rotatable bonds is 10. The highest BCUT2D eigenvalue weighted by Crippen LogP contribution is 2.22.